The summed E-state index contributed by atoms with van der Waals surface area (Å²) in [6, 6.07) is 6.86. The van der Waals surface area contributed by atoms with Crippen molar-refractivity contribution in [1.82, 2.24) is 13.9 Å². The summed E-state index contributed by atoms with van der Waals surface area (Å²) >= 11 is 6.02. The van der Waals surface area contributed by atoms with E-state index < -0.39 is 16.1 Å². The molecule has 22 heavy (non-hydrogen) atoms. The van der Waals surface area contributed by atoms with Crippen LogP contribution in [0.2, 0.25) is 5.15 Å². The van der Waals surface area contributed by atoms with Gasteiger partial charge in [-0.25, -0.2) is 13.4 Å². The highest BCUT2D eigenvalue weighted by molar-refractivity contribution is 7.89. The third-order valence-corrected chi connectivity index (χ3v) is 6.01. The third kappa shape index (κ3) is 2.84. The Kier molecular flexibility index (Phi) is 4.79. The van der Waals surface area contributed by atoms with Crippen molar-refractivity contribution in [2.75, 3.05) is 14.2 Å². The standard InChI is InChI=1S/C14H18ClN3O3S/c1-10(11-7-5-6-8-12(11)21-4)18(3)22(19,20)14-13(15)17(2)9-16-14/h5-10H,1-4H3. The van der Waals surface area contributed by atoms with Gasteiger partial charge in [-0.3, -0.25) is 0 Å². The molecule has 120 valence electrons. The monoisotopic (exact) mass is 343 g/mol. The molecule has 6 nitrogen and oxygen atoms in total. The number of sulfonamides is 1. The van der Waals surface area contributed by atoms with E-state index in [2.05, 4.69) is 4.98 Å². The summed E-state index contributed by atoms with van der Waals surface area (Å²) in [5, 5.41) is -0.0695. The van der Waals surface area contributed by atoms with E-state index in [9.17, 15) is 8.42 Å². The van der Waals surface area contributed by atoms with Gasteiger partial charge in [0.2, 0.25) is 5.03 Å². The summed E-state index contributed by atoms with van der Waals surface area (Å²) in [5.41, 5.74) is 0.767. The maximum Gasteiger partial charge on any atom is 0.263 e. The molecule has 1 atom stereocenters. The number of hydrogen-bond acceptors (Lipinski definition) is 4. The first-order valence-electron chi connectivity index (χ1n) is 6.58. The summed E-state index contributed by atoms with van der Waals surface area (Å²) in [6.07, 6.45) is 1.37. The van der Waals surface area contributed by atoms with Gasteiger partial charge in [-0.2, -0.15) is 4.31 Å². The van der Waals surface area contributed by atoms with Crippen LogP contribution in [0.15, 0.2) is 35.6 Å². The Hall–Kier alpha value is -1.57. The SMILES string of the molecule is COc1ccccc1C(C)N(C)S(=O)(=O)c1ncn(C)c1Cl. The summed E-state index contributed by atoms with van der Waals surface area (Å²) in [5.74, 6) is 0.629. The van der Waals surface area contributed by atoms with Gasteiger partial charge in [-0.05, 0) is 13.0 Å². The Balaban J connectivity index is 2.42. The van der Waals surface area contributed by atoms with E-state index in [4.69, 9.17) is 16.3 Å². The Morgan fingerprint density at radius 2 is 2.00 bits per heavy atom. The fourth-order valence-corrected chi connectivity index (χ4v) is 3.84. The number of imidazole rings is 1. The minimum absolute atomic E-state index is 0.0825. The van der Waals surface area contributed by atoms with Gasteiger partial charge in [-0.1, -0.05) is 29.8 Å². The number of rotatable bonds is 5. The Morgan fingerprint density at radius 3 is 2.55 bits per heavy atom. The van der Waals surface area contributed by atoms with Crippen LogP contribution < -0.4 is 4.74 Å². The van der Waals surface area contributed by atoms with Crippen LogP contribution in [0.3, 0.4) is 0 Å². The van der Waals surface area contributed by atoms with Crippen LogP contribution >= 0.6 is 11.6 Å². The first-order valence-corrected chi connectivity index (χ1v) is 8.40. The number of hydrogen-bond donors (Lipinski definition) is 0. The lowest BCUT2D eigenvalue weighted by Gasteiger charge is -2.25. The number of aryl methyl sites for hydroxylation is 1. The molecule has 0 saturated carbocycles. The second kappa shape index (κ2) is 6.28. The van der Waals surface area contributed by atoms with Crippen LogP contribution in [0.1, 0.15) is 18.5 Å². The fraction of sp³-hybridized carbons (Fsp3) is 0.357. The minimum atomic E-state index is -3.81. The van der Waals surface area contributed by atoms with E-state index in [1.54, 1.807) is 27.1 Å². The predicted octanol–water partition coefficient (Wildman–Crippen LogP) is 2.46. The van der Waals surface area contributed by atoms with Crippen molar-refractivity contribution >= 4 is 21.6 Å². The molecule has 8 heteroatoms. The van der Waals surface area contributed by atoms with Gasteiger partial charge in [0.1, 0.15) is 10.9 Å². The summed E-state index contributed by atoms with van der Waals surface area (Å²) in [7, 11) is 0.878. The summed E-state index contributed by atoms with van der Waals surface area (Å²) < 4.78 is 33.4. The van der Waals surface area contributed by atoms with Crippen molar-refractivity contribution in [3.05, 3.63) is 41.3 Å². The van der Waals surface area contributed by atoms with Crippen LogP contribution in [-0.4, -0.2) is 36.4 Å². The topological polar surface area (TPSA) is 64.4 Å². The van der Waals surface area contributed by atoms with Crippen LogP contribution in [0.5, 0.6) is 5.75 Å². The van der Waals surface area contributed by atoms with Crippen molar-refractivity contribution < 1.29 is 13.2 Å². The number of nitrogens with zero attached hydrogens (tertiary/aromatic N) is 3. The lowest BCUT2D eigenvalue weighted by Crippen LogP contribution is -2.30. The maximum absolute atomic E-state index is 12.7. The Morgan fingerprint density at radius 1 is 1.36 bits per heavy atom. The number of aromatic nitrogens is 2. The van der Waals surface area contributed by atoms with Crippen molar-refractivity contribution in [2.45, 2.75) is 18.0 Å². The van der Waals surface area contributed by atoms with Gasteiger partial charge in [0.15, 0.2) is 0 Å². The third-order valence-electron chi connectivity index (χ3n) is 3.59. The largest absolute Gasteiger partial charge is 0.496 e. The van der Waals surface area contributed by atoms with Crippen molar-refractivity contribution in [3.8, 4) is 5.75 Å². The van der Waals surface area contributed by atoms with Crippen LogP contribution in [0.4, 0.5) is 0 Å². The van der Waals surface area contributed by atoms with Gasteiger partial charge in [0.05, 0.1) is 19.5 Å². The Bertz CT molecular complexity index is 773. The molecule has 0 aliphatic heterocycles. The van der Waals surface area contributed by atoms with Gasteiger partial charge >= 0.3 is 0 Å². The molecule has 0 N–H and O–H groups in total. The second-order valence-electron chi connectivity index (χ2n) is 4.89. The van der Waals surface area contributed by atoms with Gasteiger partial charge < -0.3 is 9.30 Å². The molecule has 0 fully saturated rings. The fourth-order valence-electron chi connectivity index (χ4n) is 2.12. The molecular weight excluding hydrogens is 326 g/mol. The number of benzene rings is 1. The summed E-state index contributed by atoms with van der Waals surface area (Å²) in [6.45, 7) is 1.78. The zero-order chi connectivity index (χ0) is 16.5. The zero-order valence-electron chi connectivity index (χ0n) is 12.8. The smallest absolute Gasteiger partial charge is 0.263 e. The molecular formula is C14H18ClN3O3S. The molecule has 2 rings (SSSR count). The van der Waals surface area contributed by atoms with E-state index >= 15 is 0 Å². The van der Waals surface area contributed by atoms with Gasteiger partial charge in [-0.15, -0.1) is 0 Å². The van der Waals surface area contributed by atoms with Crippen molar-refractivity contribution in [3.63, 3.8) is 0 Å². The van der Waals surface area contributed by atoms with Crippen LogP contribution in [-0.2, 0) is 17.1 Å². The van der Waals surface area contributed by atoms with Crippen LogP contribution in [0.25, 0.3) is 0 Å². The maximum atomic E-state index is 12.7. The number of methoxy groups -OCH3 is 1. The van der Waals surface area contributed by atoms with Crippen molar-refractivity contribution in [2.24, 2.45) is 7.05 Å². The molecule has 0 aliphatic rings. The quantitative estimate of drug-likeness (QED) is 0.836. The van der Waals surface area contributed by atoms with E-state index in [-0.39, 0.29) is 10.2 Å². The normalized spacial score (nSPS) is 13.4. The molecule has 0 spiro atoms. The molecule has 0 amide bonds. The second-order valence-corrected chi connectivity index (χ2v) is 7.16. The average Bonchev–Trinajstić information content (AvgIpc) is 2.86. The first-order chi connectivity index (χ1) is 10.3. The summed E-state index contributed by atoms with van der Waals surface area (Å²) in [4.78, 5) is 3.90. The van der Waals surface area contributed by atoms with E-state index in [1.165, 1.54) is 22.2 Å². The predicted molar refractivity (Wildman–Crippen MR) is 84.6 cm³/mol. The molecule has 1 unspecified atom stereocenters. The van der Waals surface area contributed by atoms with Crippen LogP contribution in [0, 0.1) is 0 Å². The number of para-hydroxylation sites is 1. The first kappa shape index (κ1) is 16.8. The number of ether oxygens (including phenoxy) is 1. The lowest BCUT2D eigenvalue weighted by atomic mass is 10.1. The zero-order valence-corrected chi connectivity index (χ0v) is 14.4. The molecule has 0 saturated heterocycles. The van der Waals surface area contributed by atoms with E-state index in [1.807, 2.05) is 18.2 Å². The minimum Gasteiger partial charge on any atom is -0.496 e. The molecule has 0 radical (unpaired) electrons. The van der Waals surface area contributed by atoms with Gasteiger partial charge in [0, 0.05) is 19.7 Å². The van der Waals surface area contributed by atoms with Gasteiger partial charge in [0.25, 0.3) is 10.0 Å². The molecule has 1 aromatic heterocycles. The molecule has 0 aliphatic carbocycles. The molecule has 1 aromatic carbocycles. The molecule has 2 aromatic rings. The lowest BCUT2D eigenvalue weighted by molar-refractivity contribution is 0.366. The highest BCUT2D eigenvalue weighted by Gasteiger charge is 2.32. The van der Waals surface area contributed by atoms with Crippen molar-refractivity contribution in [1.29, 1.82) is 0 Å². The Labute approximate surface area is 135 Å². The highest BCUT2D eigenvalue weighted by Crippen LogP contribution is 2.32. The molecule has 0 bridgehead atoms. The average molecular weight is 344 g/mol. The molecule has 1 heterocycles. The highest BCUT2D eigenvalue weighted by atomic mass is 35.5. The number of halogens is 1. The van der Waals surface area contributed by atoms with E-state index in [0.29, 0.717) is 5.75 Å². The van der Waals surface area contributed by atoms with E-state index in [0.717, 1.165) is 5.56 Å².